The van der Waals surface area contributed by atoms with Crippen molar-refractivity contribution >= 4 is 15.7 Å². The Morgan fingerprint density at radius 1 is 0.963 bits per heavy atom. The van der Waals surface area contributed by atoms with E-state index in [1.54, 1.807) is 24.3 Å². The number of aromatic hydroxyl groups is 1. The van der Waals surface area contributed by atoms with Gasteiger partial charge in [-0.2, -0.15) is 0 Å². The predicted molar refractivity (Wildman–Crippen MR) is 106 cm³/mol. The first-order valence-corrected chi connectivity index (χ1v) is 10.8. The van der Waals surface area contributed by atoms with Gasteiger partial charge in [-0.1, -0.05) is 42.0 Å². The number of rotatable bonds is 3. The third kappa shape index (κ3) is 2.45. The van der Waals surface area contributed by atoms with Crippen molar-refractivity contribution in [3.05, 3.63) is 76.4 Å². The molecule has 2 unspecified atom stereocenters. The fraction of sp³-hybridized carbons (Fsp3) is 0.273. The summed E-state index contributed by atoms with van der Waals surface area (Å²) in [5, 5.41) is 10.9. The highest BCUT2D eigenvalue weighted by Gasteiger charge is 2.40. The molecule has 3 aliphatic carbocycles. The van der Waals surface area contributed by atoms with E-state index in [2.05, 4.69) is 16.9 Å². The maximum atomic E-state index is 13.1. The second kappa shape index (κ2) is 5.73. The van der Waals surface area contributed by atoms with Gasteiger partial charge in [-0.05, 0) is 49.4 Å². The molecule has 2 N–H and O–H groups in total. The summed E-state index contributed by atoms with van der Waals surface area (Å²) in [5.41, 5.74) is 5.34. The van der Waals surface area contributed by atoms with Crippen LogP contribution in [-0.2, 0) is 22.9 Å². The number of hydrogen-bond donors (Lipinski definition) is 2. The highest BCUT2D eigenvalue weighted by molar-refractivity contribution is 7.92. The molecule has 2 aromatic rings. The average molecular weight is 379 g/mol. The molecule has 2 bridgehead atoms. The molecule has 4 nitrogen and oxygen atoms in total. The molecule has 0 fully saturated rings. The molecule has 0 aliphatic heterocycles. The summed E-state index contributed by atoms with van der Waals surface area (Å²) < 4.78 is 29.0. The number of nitrogens with one attached hydrogen (secondary N) is 1. The van der Waals surface area contributed by atoms with Crippen LogP contribution in [0.3, 0.4) is 0 Å². The van der Waals surface area contributed by atoms with Crippen molar-refractivity contribution in [3.63, 3.8) is 0 Å². The van der Waals surface area contributed by atoms with E-state index in [1.165, 1.54) is 0 Å². The number of anilines is 1. The number of sulfonamides is 1. The summed E-state index contributed by atoms with van der Waals surface area (Å²) in [6.07, 6.45) is 10.5. The van der Waals surface area contributed by atoms with Gasteiger partial charge in [0, 0.05) is 23.0 Å². The van der Waals surface area contributed by atoms with Gasteiger partial charge in [-0.25, -0.2) is 8.42 Å². The van der Waals surface area contributed by atoms with E-state index in [4.69, 9.17) is 0 Å². The van der Waals surface area contributed by atoms with Crippen molar-refractivity contribution in [2.45, 2.75) is 42.9 Å². The van der Waals surface area contributed by atoms with E-state index in [-0.39, 0.29) is 16.7 Å². The fourth-order valence-electron chi connectivity index (χ4n) is 4.64. The third-order valence-electron chi connectivity index (χ3n) is 5.97. The predicted octanol–water partition coefficient (Wildman–Crippen LogP) is 4.30. The van der Waals surface area contributed by atoms with E-state index in [0.717, 1.165) is 34.2 Å². The summed E-state index contributed by atoms with van der Waals surface area (Å²) in [6, 6.07) is 6.88. The Morgan fingerprint density at radius 2 is 1.59 bits per heavy atom. The van der Waals surface area contributed by atoms with Gasteiger partial charge < -0.3 is 5.11 Å². The van der Waals surface area contributed by atoms with Crippen molar-refractivity contribution in [1.82, 2.24) is 0 Å². The number of benzene rings is 2. The van der Waals surface area contributed by atoms with Crippen LogP contribution in [0.4, 0.5) is 5.69 Å². The molecule has 0 radical (unpaired) electrons. The molecule has 27 heavy (non-hydrogen) atoms. The van der Waals surface area contributed by atoms with Crippen LogP contribution in [0.5, 0.6) is 5.75 Å². The summed E-state index contributed by atoms with van der Waals surface area (Å²) in [7, 11) is -3.69. The van der Waals surface area contributed by atoms with E-state index in [9.17, 15) is 13.5 Å². The molecular weight excluding hydrogens is 358 g/mol. The molecule has 2 aromatic carbocycles. The van der Waals surface area contributed by atoms with Crippen LogP contribution in [0.25, 0.3) is 0 Å². The molecule has 0 heterocycles. The van der Waals surface area contributed by atoms with Crippen LogP contribution >= 0.6 is 0 Å². The molecule has 0 saturated carbocycles. The molecular formula is C22H21NO3S. The van der Waals surface area contributed by atoms with E-state index in [0.29, 0.717) is 24.3 Å². The Morgan fingerprint density at radius 3 is 2.30 bits per heavy atom. The third-order valence-corrected chi connectivity index (χ3v) is 7.34. The van der Waals surface area contributed by atoms with Crippen molar-refractivity contribution in [2.75, 3.05) is 4.72 Å². The lowest BCUT2D eigenvalue weighted by Crippen LogP contribution is -2.18. The van der Waals surface area contributed by atoms with Gasteiger partial charge in [0.15, 0.2) is 0 Å². The smallest absolute Gasteiger partial charge is 0.261 e. The maximum absolute atomic E-state index is 13.1. The minimum atomic E-state index is -3.69. The van der Waals surface area contributed by atoms with Crippen molar-refractivity contribution < 1.29 is 13.5 Å². The quantitative estimate of drug-likeness (QED) is 0.617. The molecule has 0 amide bonds. The second-order valence-electron chi connectivity index (χ2n) is 7.64. The molecule has 3 aliphatic rings. The highest BCUT2D eigenvalue weighted by atomic mass is 32.2. The molecule has 5 heteroatoms. The molecule has 0 spiro atoms. The van der Waals surface area contributed by atoms with Gasteiger partial charge in [0.1, 0.15) is 5.75 Å². The first-order valence-electron chi connectivity index (χ1n) is 9.29. The van der Waals surface area contributed by atoms with Crippen molar-refractivity contribution in [2.24, 2.45) is 0 Å². The first-order chi connectivity index (χ1) is 13.0. The van der Waals surface area contributed by atoms with Crippen molar-refractivity contribution in [1.29, 1.82) is 0 Å². The van der Waals surface area contributed by atoms with Crippen LogP contribution < -0.4 is 4.72 Å². The van der Waals surface area contributed by atoms with Gasteiger partial charge in [0.2, 0.25) is 0 Å². The molecule has 2 atom stereocenters. The number of hydrogen-bond acceptors (Lipinski definition) is 3. The van der Waals surface area contributed by atoms with Crippen molar-refractivity contribution in [3.8, 4) is 5.75 Å². The minimum Gasteiger partial charge on any atom is -0.507 e. The fourth-order valence-corrected chi connectivity index (χ4v) is 5.76. The SMILES string of the molecule is Cc1ccc(S(=O)(=O)Nc2c3c(c(O)c4c2C2C=CC4C2)CC=CC3)cc1. The second-order valence-corrected chi connectivity index (χ2v) is 9.32. The maximum Gasteiger partial charge on any atom is 0.261 e. The highest BCUT2D eigenvalue weighted by Crippen LogP contribution is 2.57. The summed E-state index contributed by atoms with van der Waals surface area (Å²) >= 11 is 0. The van der Waals surface area contributed by atoms with E-state index >= 15 is 0 Å². The standard InChI is InChI=1S/C22H21NO3S/c1-13-6-10-16(11-7-13)27(25,26)23-21-17-4-2-3-5-18(17)22(24)20-15-9-8-14(12-15)19(20)21/h2-3,6-11,14-15,23-24H,4-5,12H2,1H3. The lowest BCUT2D eigenvalue weighted by molar-refractivity contribution is 0.460. The lowest BCUT2D eigenvalue weighted by atomic mass is 9.84. The molecule has 5 rings (SSSR count). The first kappa shape index (κ1) is 16.6. The Kier molecular flexibility index (Phi) is 3.53. The zero-order chi connectivity index (χ0) is 18.8. The number of aryl methyl sites for hydroxylation is 1. The Balaban J connectivity index is 1.68. The molecule has 0 aromatic heterocycles. The van der Waals surface area contributed by atoms with Crippen LogP contribution in [-0.4, -0.2) is 13.5 Å². The summed E-state index contributed by atoms with van der Waals surface area (Å²) in [5.74, 6) is 0.714. The topological polar surface area (TPSA) is 66.4 Å². The largest absolute Gasteiger partial charge is 0.507 e. The van der Waals surface area contributed by atoms with Gasteiger partial charge in [-0.15, -0.1) is 0 Å². The number of phenols is 1. The normalized spacial score (nSPS) is 22.0. The summed E-state index contributed by atoms with van der Waals surface area (Å²) in [6.45, 7) is 1.93. The van der Waals surface area contributed by atoms with Crippen LogP contribution in [0.1, 0.15) is 46.1 Å². The average Bonchev–Trinajstić information content (AvgIpc) is 3.27. The minimum absolute atomic E-state index is 0.169. The number of phenolic OH excluding ortho intramolecular Hbond substituents is 1. The zero-order valence-corrected chi connectivity index (χ0v) is 15.9. The lowest BCUT2D eigenvalue weighted by Gasteiger charge is -2.26. The number of fused-ring (bicyclic) bond motifs is 6. The van der Waals surface area contributed by atoms with Crippen LogP contribution in [0.2, 0.25) is 0 Å². The molecule has 0 saturated heterocycles. The number of allylic oxidation sites excluding steroid dienone is 4. The Bertz CT molecular complexity index is 1110. The monoisotopic (exact) mass is 379 g/mol. The van der Waals surface area contributed by atoms with Gasteiger partial charge in [-0.3, -0.25) is 4.72 Å². The van der Waals surface area contributed by atoms with Crippen LogP contribution in [0.15, 0.2) is 53.5 Å². The van der Waals surface area contributed by atoms with E-state index < -0.39 is 10.0 Å². The zero-order valence-electron chi connectivity index (χ0n) is 15.1. The summed E-state index contributed by atoms with van der Waals surface area (Å²) in [4.78, 5) is 0.258. The Hall–Kier alpha value is -2.53. The van der Waals surface area contributed by atoms with Gasteiger partial charge in [0.25, 0.3) is 10.0 Å². The Labute approximate surface area is 159 Å². The van der Waals surface area contributed by atoms with Gasteiger partial charge >= 0.3 is 0 Å². The van der Waals surface area contributed by atoms with Crippen LogP contribution in [0, 0.1) is 6.92 Å². The van der Waals surface area contributed by atoms with E-state index in [1.807, 2.05) is 19.1 Å². The van der Waals surface area contributed by atoms with Gasteiger partial charge in [0.05, 0.1) is 10.6 Å². The molecule has 138 valence electrons.